The summed E-state index contributed by atoms with van der Waals surface area (Å²) in [6.45, 7) is 3.83. The third-order valence-corrected chi connectivity index (χ3v) is 4.99. The minimum Gasteiger partial charge on any atom is -0.122 e. The second kappa shape index (κ2) is 3.73. The summed E-state index contributed by atoms with van der Waals surface area (Å²) in [5.74, 6) is 1.44. The quantitative estimate of drug-likeness (QED) is 0.490. The molecule has 0 amide bonds. The van der Waals surface area contributed by atoms with Crippen LogP contribution in [0.4, 0.5) is 0 Å². The minimum atomic E-state index is -1.21. The molecule has 2 aliphatic rings. The van der Waals surface area contributed by atoms with Crippen LogP contribution in [-0.2, 0) is 0 Å². The molecule has 0 aromatic rings. The largest absolute Gasteiger partial charge is 0.195 e. The third-order valence-electron chi connectivity index (χ3n) is 3.64. The summed E-state index contributed by atoms with van der Waals surface area (Å²) in [6.07, 6.45) is 4.16. The van der Waals surface area contributed by atoms with Gasteiger partial charge in [-0.3, -0.25) is 0 Å². The van der Waals surface area contributed by atoms with Crippen LogP contribution in [0, 0.1) is 23.7 Å². The first-order valence-corrected chi connectivity index (χ1v) is 6.35. The first-order valence-electron chi connectivity index (χ1n) is 4.78. The predicted molar refractivity (Wildman–Crippen MR) is 63.3 cm³/mol. The minimum absolute atomic E-state index is 0.00960. The number of hydrogen-bond acceptors (Lipinski definition) is 0. The fourth-order valence-electron chi connectivity index (χ4n) is 3.05. The molecule has 2 aliphatic carbocycles. The lowest BCUT2D eigenvalue weighted by atomic mass is 9.82. The highest BCUT2D eigenvalue weighted by molar-refractivity contribution is 6.68. The molecule has 2 saturated carbocycles. The van der Waals surface area contributed by atoms with Crippen molar-refractivity contribution in [2.24, 2.45) is 23.7 Å². The van der Waals surface area contributed by atoms with E-state index >= 15 is 0 Å². The summed E-state index contributed by atoms with van der Waals surface area (Å²) in [7, 11) is 0. The lowest BCUT2D eigenvalue weighted by Gasteiger charge is -2.34. The van der Waals surface area contributed by atoms with Gasteiger partial charge in [-0.2, -0.15) is 0 Å². The first-order chi connectivity index (χ1) is 6.45. The van der Waals surface area contributed by atoms with E-state index in [-0.39, 0.29) is 11.3 Å². The number of fused-ring (bicyclic) bond motifs is 2. The van der Waals surface area contributed by atoms with Crippen LogP contribution in [0.2, 0.25) is 0 Å². The molecule has 80 valence electrons. The van der Waals surface area contributed by atoms with Gasteiger partial charge in [-0.05, 0) is 30.6 Å². The van der Waals surface area contributed by atoms with E-state index < -0.39 is 3.79 Å². The summed E-state index contributed by atoms with van der Waals surface area (Å²) in [4.78, 5) is 0. The van der Waals surface area contributed by atoms with Crippen molar-refractivity contribution in [3.63, 3.8) is 0 Å². The van der Waals surface area contributed by atoms with Crippen LogP contribution in [0.1, 0.15) is 12.8 Å². The van der Waals surface area contributed by atoms with Crippen molar-refractivity contribution in [1.82, 2.24) is 0 Å². The van der Waals surface area contributed by atoms with E-state index in [1.807, 2.05) is 6.08 Å². The first kappa shape index (κ1) is 11.4. The molecule has 2 fully saturated rings. The number of hydrogen-bond donors (Lipinski definition) is 0. The molecule has 5 atom stereocenters. The average molecular weight is 274 g/mol. The Labute approximate surface area is 105 Å². The fourth-order valence-corrected chi connectivity index (χ4v) is 4.87. The molecule has 0 aromatic carbocycles. The number of halogens is 4. The molecular formula is C10H12Cl4. The van der Waals surface area contributed by atoms with Gasteiger partial charge in [0.15, 0.2) is 3.79 Å². The second-order valence-electron chi connectivity index (χ2n) is 4.31. The van der Waals surface area contributed by atoms with E-state index in [1.165, 1.54) is 0 Å². The monoisotopic (exact) mass is 272 g/mol. The van der Waals surface area contributed by atoms with Crippen molar-refractivity contribution < 1.29 is 0 Å². The van der Waals surface area contributed by atoms with Gasteiger partial charge in [0.25, 0.3) is 0 Å². The van der Waals surface area contributed by atoms with Gasteiger partial charge in [0.2, 0.25) is 0 Å². The second-order valence-corrected chi connectivity index (χ2v) is 7.18. The highest BCUT2D eigenvalue weighted by Crippen LogP contribution is 2.60. The number of allylic oxidation sites excluding steroid dienone is 1. The molecular weight excluding hydrogens is 262 g/mol. The summed E-state index contributed by atoms with van der Waals surface area (Å²) < 4.78 is -1.21. The Kier molecular flexibility index (Phi) is 3.03. The Hall–Kier alpha value is 0.900. The molecule has 14 heavy (non-hydrogen) atoms. The van der Waals surface area contributed by atoms with Crippen LogP contribution < -0.4 is 0 Å². The van der Waals surface area contributed by atoms with Gasteiger partial charge in [-0.1, -0.05) is 40.9 Å². The average Bonchev–Trinajstić information content (AvgIpc) is 2.57. The topological polar surface area (TPSA) is 0 Å². The Morgan fingerprint density at radius 2 is 1.86 bits per heavy atom. The molecule has 0 aromatic heterocycles. The molecule has 0 nitrogen and oxygen atoms in total. The van der Waals surface area contributed by atoms with Gasteiger partial charge >= 0.3 is 0 Å². The molecule has 0 aliphatic heterocycles. The van der Waals surface area contributed by atoms with E-state index in [0.29, 0.717) is 17.8 Å². The van der Waals surface area contributed by atoms with Crippen molar-refractivity contribution in [2.45, 2.75) is 22.0 Å². The maximum Gasteiger partial charge on any atom is 0.195 e. The van der Waals surface area contributed by atoms with Crippen molar-refractivity contribution in [3.05, 3.63) is 12.7 Å². The summed E-state index contributed by atoms with van der Waals surface area (Å²) in [5, 5.41) is -0.00995. The van der Waals surface area contributed by atoms with E-state index in [1.54, 1.807) is 0 Å². The molecule has 2 bridgehead atoms. The zero-order valence-corrected chi connectivity index (χ0v) is 10.6. The summed E-state index contributed by atoms with van der Waals surface area (Å²) in [5.41, 5.74) is 0. The highest BCUT2D eigenvalue weighted by Gasteiger charge is 2.57. The van der Waals surface area contributed by atoms with E-state index in [9.17, 15) is 0 Å². The van der Waals surface area contributed by atoms with Gasteiger partial charge in [-0.15, -0.1) is 18.2 Å². The van der Waals surface area contributed by atoms with Crippen LogP contribution >= 0.6 is 46.4 Å². The van der Waals surface area contributed by atoms with Crippen LogP contribution in [0.25, 0.3) is 0 Å². The molecule has 0 radical (unpaired) electrons. The van der Waals surface area contributed by atoms with E-state index in [2.05, 4.69) is 6.58 Å². The van der Waals surface area contributed by atoms with Crippen molar-refractivity contribution in [2.75, 3.05) is 0 Å². The van der Waals surface area contributed by atoms with Gasteiger partial charge in [0.1, 0.15) is 0 Å². The Balaban J connectivity index is 2.18. The van der Waals surface area contributed by atoms with Crippen LogP contribution in [0.15, 0.2) is 12.7 Å². The smallest absolute Gasteiger partial charge is 0.122 e. The SMILES string of the molecule is C=CC1C[C@H]2C[C@@H]1[C@@H](Cl)[C@@H]2C(Cl)(Cl)Cl. The zero-order chi connectivity index (χ0) is 10.5. The third kappa shape index (κ3) is 1.69. The summed E-state index contributed by atoms with van der Waals surface area (Å²) in [6, 6.07) is 0. The van der Waals surface area contributed by atoms with Crippen molar-refractivity contribution >= 4 is 46.4 Å². The Bertz CT molecular complexity index is 243. The highest BCUT2D eigenvalue weighted by atomic mass is 35.6. The lowest BCUT2D eigenvalue weighted by molar-refractivity contribution is 0.300. The van der Waals surface area contributed by atoms with E-state index in [0.717, 1.165) is 12.8 Å². The lowest BCUT2D eigenvalue weighted by Crippen LogP contribution is -2.36. The fraction of sp³-hybridized carbons (Fsp3) is 0.800. The summed E-state index contributed by atoms with van der Waals surface area (Å²) >= 11 is 24.2. The molecule has 0 heterocycles. The maximum absolute atomic E-state index is 6.33. The van der Waals surface area contributed by atoms with Gasteiger partial charge in [-0.25, -0.2) is 0 Å². The molecule has 2 rings (SSSR count). The number of alkyl halides is 4. The van der Waals surface area contributed by atoms with Gasteiger partial charge < -0.3 is 0 Å². The zero-order valence-electron chi connectivity index (χ0n) is 7.60. The van der Waals surface area contributed by atoms with Crippen LogP contribution in [0.5, 0.6) is 0 Å². The van der Waals surface area contributed by atoms with Crippen LogP contribution in [0.3, 0.4) is 0 Å². The van der Waals surface area contributed by atoms with Crippen LogP contribution in [-0.4, -0.2) is 9.17 Å². The van der Waals surface area contributed by atoms with Crippen molar-refractivity contribution in [1.29, 1.82) is 0 Å². The standard InChI is InChI=1S/C10H12Cl4/c1-2-5-3-6-4-7(5)9(11)8(6)10(12,13)14/h2,5-9H,1,3-4H2/t5?,6-,7-,8+,9+/m0/s1. The molecule has 0 saturated heterocycles. The van der Waals surface area contributed by atoms with Gasteiger partial charge in [0, 0.05) is 11.3 Å². The maximum atomic E-state index is 6.33. The normalized spacial score (nSPS) is 47.0. The molecule has 1 unspecified atom stereocenters. The predicted octanol–water partition coefficient (Wildman–Crippen LogP) is 4.42. The Morgan fingerprint density at radius 1 is 1.21 bits per heavy atom. The van der Waals surface area contributed by atoms with Crippen molar-refractivity contribution in [3.8, 4) is 0 Å². The molecule has 0 N–H and O–H groups in total. The molecule has 0 spiro atoms. The number of rotatable bonds is 1. The van der Waals surface area contributed by atoms with Gasteiger partial charge in [0.05, 0.1) is 0 Å². The van der Waals surface area contributed by atoms with E-state index in [4.69, 9.17) is 46.4 Å². The Morgan fingerprint density at radius 3 is 2.29 bits per heavy atom. The molecule has 4 heteroatoms.